The van der Waals surface area contributed by atoms with E-state index in [0.717, 1.165) is 25.3 Å². The monoisotopic (exact) mass is 304 g/mol. The largest absolute Gasteiger partial charge is 0.364 e. The minimum absolute atomic E-state index is 0. The minimum Gasteiger partial charge on any atom is -0.364 e. The van der Waals surface area contributed by atoms with Gasteiger partial charge in [0.25, 0.3) is 0 Å². The number of carbonyl (C=O) groups excluding carboxylic acids is 1. The Labute approximate surface area is 128 Å². The lowest BCUT2D eigenvalue weighted by Crippen LogP contribution is -2.38. The van der Waals surface area contributed by atoms with E-state index in [1.807, 2.05) is 0 Å². The van der Waals surface area contributed by atoms with E-state index in [0.29, 0.717) is 12.5 Å². The van der Waals surface area contributed by atoms with E-state index in [9.17, 15) is 4.79 Å². The summed E-state index contributed by atoms with van der Waals surface area (Å²) in [7, 11) is 0. The predicted octanol–water partition coefficient (Wildman–Crippen LogP) is 2.25. The highest BCUT2D eigenvalue weighted by atomic mass is 35.5. The average molecular weight is 305 g/mol. The molecule has 0 spiro atoms. The molecule has 0 radical (unpaired) electrons. The first-order chi connectivity index (χ1) is 9.22. The Kier molecular flexibility index (Phi) is 7.85. The van der Waals surface area contributed by atoms with Crippen molar-refractivity contribution < 1.29 is 9.53 Å². The van der Waals surface area contributed by atoms with Crippen LogP contribution in [0.25, 0.3) is 0 Å². The van der Waals surface area contributed by atoms with Crippen LogP contribution in [0.4, 0.5) is 0 Å². The van der Waals surface area contributed by atoms with E-state index in [-0.39, 0.29) is 30.5 Å². The third-order valence-electron chi connectivity index (χ3n) is 4.77. The second-order valence-corrected chi connectivity index (χ2v) is 6.10. The number of halogens is 1. The number of carbonyl (C=O) groups is 1. The highest BCUT2D eigenvalue weighted by Crippen LogP contribution is 2.30. The summed E-state index contributed by atoms with van der Waals surface area (Å²) >= 11 is 0. The molecule has 3 N–H and O–H groups in total. The molecule has 1 amide bonds. The lowest BCUT2D eigenvalue weighted by atomic mass is 9.81. The van der Waals surface area contributed by atoms with Gasteiger partial charge in [-0.05, 0) is 37.5 Å². The maximum atomic E-state index is 12.0. The normalized spacial score (nSPS) is 33.5. The van der Waals surface area contributed by atoms with Crippen molar-refractivity contribution in [3.8, 4) is 0 Å². The summed E-state index contributed by atoms with van der Waals surface area (Å²) in [4.78, 5) is 12.0. The van der Waals surface area contributed by atoms with Crippen LogP contribution >= 0.6 is 12.4 Å². The smallest absolute Gasteiger partial charge is 0.249 e. The third kappa shape index (κ3) is 4.90. The molecule has 2 atom stereocenters. The van der Waals surface area contributed by atoms with Crippen molar-refractivity contribution in [1.29, 1.82) is 0 Å². The maximum absolute atomic E-state index is 12.0. The van der Waals surface area contributed by atoms with E-state index < -0.39 is 0 Å². The molecule has 0 aromatic carbocycles. The molecule has 0 bridgehead atoms. The number of ether oxygens (including phenoxy) is 1. The zero-order chi connectivity index (χ0) is 13.7. The van der Waals surface area contributed by atoms with Gasteiger partial charge in [-0.25, -0.2) is 0 Å². The summed E-state index contributed by atoms with van der Waals surface area (Å²) in [5.74, 6) is 1.64. The van der Waals surface area contributed by atoms with Gasteiger partial charge in [0, 0.05) is 13.1 Å². The van der Waals surface area contributed by atoms with Crippen LogP contribution in [0.2, 0.25) is 0 Å². The second kappa shape index (κ2) is 8.85. The second-order valence-electron chi connectivity index (χ2n) is 6.10. The molecule has 2 aliphatic rings. The Morgan fingerprint density at radius 1 is 1.15 bits per heavy atom. The molecule has 0 unspecified atom stereocenters. The van der Waals surface area contributed by atoms with Crippen molar-refractivity contribution in [3.63, 3.8) is 0 Å². The zero-order valence-electron chi connectivity index (χ0n) is 12.5. The molecule has 20 heavy (non-hydrogen) atoms. The molecule has 118 valence electrons. The highest BCUT2D eigenvalue weighted by Gasteiger charge is 2.30. The van der Waals surface area contributed by atoms with Crippen molar-refractivity contribution in [2.45, 2.75) is 64.1 Å². The molecular weight excluding hydrogens is 276 g/mol. The Hall–Kier alpha value is -0.320. The average Bonchev–Trinajstić information content (AvgIpc) is 2.94. The first-order valence-corrected chi connectivity index (χ1v) is 7.86. The first kappa shape index (κ1) is 17.7. The van der Waals surface area contributed by atoms with Crippen molar-refractivity contribution in [2.75, 3.05) is 13.1 Å². The van der Waals surface area contributed by atoms with E-state index >= 15 is 0 Å². The fourth-order valence-corrected chi connectivity index (χ4v) is 3.27. The molecule has 1 saturated heterocycles. The topological polar surface area (TPSA) is 64.4 Å². The van der Waals surface area contributed by atoms with Gasteiger partial charge in [-0.1, -0.05) is 26.2 Å². The van der Waals surface area contributed by atoms with Crippen molar-refractivity contribution >= 4 is 18.3 Å². The predicted molar refractivity (Wildman–Crippen MR) is 82.9 cm³/mol. The minimum atomic E-state index is -0.263. The summed E-state index contributed by atoms with van der Waals surface area (Å²) in [6, 6.07) is 0. The van der Waals surface area contributed by atoms with E-state index in [1.165, 1.54) is 32.1 Å². The summed E-state index contributed by atoms with van der Waals surface area (Å²) in [6.07, 6.45) is 8.02. The standard InChI is InChI=1S/C15H28N2O2.ClH/c1-2-11-3-5-12(6-4-11)10-17-15(18)14-8-7-13(9-16)19-14;/h11-14H,2-10,16H2,1H3,(H,17,18);1H/t11?,12?,13-,14+;/m1./s1. The summed E-state index contributed by atoms with van der Waals surface area (Å²) in [5.41, 5.74) is 5.56. The van der Waals surface area contributed by atoms with Gasteiger partial charge in [0.15, 0.2) is 0 Å². The van der Waals surface area contributed by atoms with Gasteiger partial charge < -0.3 is 15.8 Å². The number of amides is 1. The van der Waals surface area contributed by atoms with Crippen LogP contribution in [0.1, 0.15) is 51.9 Å². The van der Waals surface area contributed by atoms with Crippen LogP contribution in [0.15, 0.2) is 0 Å². The number of rotatable bonds is 5. The van der Waals surface area contributed by atoms with Gasteiger partial charge in [-0.15, -0.1) is 12.4 Å². The van der Waals surface area contributed by atoms with Gasteiger partial charge in [-0.3, -0.25) is 4.79 Å². The summed E-state index contributed by atoms with van der Waals surface area (Å²) in [6.45, 7) is 3.62. The lowest BCUT2D eigenvalue weighted by molar-refractivity contribution is -0.132. The summed E-state index contributed by atoms with van der Waals surface area (Å²) < 4.78 is 5.61. The molecule has 0 aromatic heterocycles. The lowest BCUT2D eigenvalue weighted by Gasteiger charge is -2.28. The van der Waals surface area contributed by atoms with Gasteiger partial charge in [-0.2, -0.15) is 0 Å². The van der Waals surface area contributed by atoms with Crippen LogP contribution in [-0.2, 0) is 9.53 Å². The molecule has 1 aliphatic carbocycles. The fraction of sp³-hybridized carbons (Fsp3) is 0.933. The molecule has 2 fully saturated rings. The van der Waals surface area contributed by atoms with Crippen LogP contribution < -0.4 is 11.1 Å². The maximum Gasteiger partial charge on any atom is 0.249 e. The Morgan fingerprint density at radius 3 is 2.35 bits per heavy atom. The number of hydrogen-bond donors (Lipinski definition) is 2. The van der Waals surface area contributed by atoms with Crippen LogP contribution in [-0.4, -0.2) is 31.2 Å². The molecule has 1 aliphatic heterocycles. The van der Waals surface area contributed by atoms with Gasteiger partial charge >= 0.3 is 0 Å². The molecule has 4 nitrogen and oxygen atoms in total. The molecule has 0 aromatic rings. The van der Waals surface area contributed by atoms with E-state index in [2.05, 4.69) is 12.2 Å². The fourth-order valence-electron chi connectivity index (χ4n) is 3.27. The van der Waals surface area contributed by atoms with Crippen molar-refractivity contribution in [3.05, 3.63) is 0 Å². The van der Waals surface area contributed by atoms with Crippen LogP contribution in [0.5, 0.6) is 0 Å². The Balaban J connectivity index is 0.00000200. The number of nitrogens with one attached hydrogen (secondary N) is 1. The molecule has 5 heteroatoms. The number of hydrogen-bond acceptors (Lipinski definition) is 3. The SMILES string of the molecule is CCC1CCC(CNC(=O)[C@@H]2CC[C@H](CN)O2)CC1.Cl. The van der Waals surface area contributed by atoms with Crippen LogP contribution in [0.3, 0.4) is 0 Å². The quantitative estimate of drug-likeness (QED) is 0.819. The van der Waals surface area contributed by atoms with Gasteiger partial charge in [0.2, 0.25) is 5.91 Å². The van der Waals surface area contributed by atoms with E-state index in [1.54, 1.807) is 0 Å². The van der Waals surface area contributed by atoms with Gasteiger partial charge in [0.1, 0.15) is 6.10 Å². The number of nitrogens with two attached hydrogens (primary N) is 1. The van der Waals surface area contributed by atoms with Crippen LogP contribution in [0, 0.1) is 11.8 Å². The first-order valence-electron chi connectivity index (χ1n) is 7.86. The Bertz CT molecular complexity index is 294. The summed E-state index contributed by atoms with van der Waals surface area (Å²) in [5, 5.41) is 3.07. The van der Waals surface area contributed by atoms with Crippen molar-refractivity contribution in [2.24, 2.45) is 17.6 Å². The van der Waals surface area contributed by atoms with E-state index in [4.69, 9.17) is 10.5 Å². The molecule has 2 rings (SSSR count). The highest BCUT2D eigenvalue weighted by molar-refractivity contribution is 5.85. The molecular formula is C15H29ClN2O2. The Morgan fingerprint density at radius 2 is 1.80 bits per heavy atom. The zero-order valence-corrected chi connectivity index (χ0v) is 13.3. The van der Waals surface area contributed by atoms with Crippen molar-refractivity contribution in [1.82, 2.24) is 5.32 Å². The van der Waals surface area contributed by atoms with Gasteiger partial charge in [0.05, 0.1) is 6.10 Å². The third-order valence-corrected chi connectivity index (χ3v) is 4.77. The molecule has 1 saturated carbocycles. The molecule has 1 heterocycles.